The fourth-order valence-corrected chi connectivity index (χ4v) is 6.27. The number of likely N-dealkylation sites (tertiary alicyclic amines) is 1. The highest BCUT2D eigenvalue weighted by Crippen LogP contribution is 2.44. The van der Waals surface area contributed by atoms with Gasteiger partial charge in [0.2, 0.25) is 0 Å². The maximum absolute atomic E-state index is 14.0. The number of carbonyl (C=O) groups excluding carboxylic acids is 2. The number of pyridine rings is 1. The quantitative estimate of drug-likeness (QED) is 0.570. The van der Waals surface area contributed by atoms with Crippen LogP contribution in [0.25, 0.3) is 0 Å². The van der Waals surface area contributed by atoms with Gasteiger partial charge in [0.1, 0.15) is 5.60 Å². The summed E-state index contributed by atoms with van der Waals surface area (Å²) in [6, 6.07) is 1.51. The van der Waals surface area contributed by atoms with Gasteiger partial charge in [-0.25, -0.2) is 4.79 Å². The molecule has 0 radical (unpaired) electrons. The lowest BCUT2D eigenvalue weighted by Crippen LogP contribution is -2.53. The molecule has 1 aromatic rings. The number of hydrogen-bond acceptors (Lipinski definition) is 6. The van der Waals surface area contributed by atoms with E-state index < -0.39 is 28.7 Å². The Bertz CT molecular complexity index is 1100. The number of fused-ring (bicyclic) bond motifs is 1. The summed E-state index contributed by atoms with van der Waals surface area (Å²) in [5, 5.41) is 0. The zero-order chi connectivity index (χ0) is 25.9. The summed E-state index contributed by atoms with van der Waals surface area (Å²) >= 11 is 0. The second-order valence-corrected chi connectivity index (χ2v) is 11.0. The van der Waals surface area contributed by atoms with Gasteiger partial charge in [-0.3, -0.25) is 14.7 Å². The van der Waals surface area contributed by atoms with Crippen molar-refractivity contribution in [1.82, 2.24) is 14.8 Å². The molecule has 2 fully saturated rings. The highest BCUT2D eigenvalue weighted by Gasteiger charge is 2.53. The molecule has 0 atom stereocenters. The molecule has 4 aliphatic rings. The minimum atomic E-state index is -4.52. The number of carbonyl (C=O) groups is 2. The summed E-state index contributed by atoms with van der Waals surface area (Å²) in [6.45, 7) is 8.51. The molecule has 0 saturated carbocycles. The van der Waals surface area contributed by atoms with E-state index in [2.05, 4.69) is 9.88 Å². The van der Waals surface area contributed by atoms with Crippen LogP contribution in [0.4, 0.5) is 13.2 Å². The van der Waals surface area contributed by atoms with Gasteiger partial charge in [-0.1, -0.05) is 13.8 Å². The predicted octanol–water partition coefficient (Wildman–Crippen LogP) is 3.61. The van der Waals surface area contributed by atoms with E-state index >= 15 is 0 Å². The second-order valence-electron chi connectivity index (χ2n) is 11.0. The number of nitrogens with zero attached hydrogens (tertiary/aromatic N) is 3. The molecule has 1 aromatic heterocycles. The third-order valence-electron chi connectivity index (χ3n) is 8.12. The largest absolute Gasteiger partial charge is 0.450 e. The Balaban J connectivity index is 1.40. The van der Waals surface area contributed by atoms with Crippen LogP contribution in [-0.2, 0) is 37.2 Å². The zero-order valence-corrected chi connectivity index (χ0v) is 20.9. The maximum Gasteiger partial charge on any atom is 0.417 e. The molecule has 1 amide bonds. The van der Waals surface area contributed by atoms with Crippen LogP contribution in [0.5, 0.6) is 0 Å². The molecule has 0 aromatic carbocycles. The Kier molecular flexibility index (Phi) is 6.18. The normalized spacial score (nSPS) is 24.7. The SMILES string of the molecule is CC1=C(C(=O)N2Cc3cc(C(F)(F)F)cnc3C(C)(C)C2)C2(CCN(C3CCOCC3)CC2)OC1=O. The van der Waals surface area contributed by atoms with Crippen molar-refractivity contribution in [1.29, 1.82) is 0 Å². The van der Waals surface area contributed by atoms with E-state index in [1.165, 1.54) is 0 Å². The Morgan fingerprint density at radius 2 is 1.83 bits per heavy atom. The van der Waals surface area contributed by atoms with E-state index in [4.69, 9.17) is 9.47 Å². The molecule has 36 heavy (non-hydrogen) atoms. The van der Waals surface area contributed by atoms with Crippen molar-refractivity contribution in [2.75, 3.05) is 32.8 Å². The number of piperidine rings is 1. The van der Waals surface area contributed by atoms with Crippen LogP contribution in [-0.4, -0.2) is 71.2 Å². The number of hydrogen-bond donors (Lipinski definition) is 0. The van der Waals surface area contributed by atoms with E-state index in [0.29, 0.717) is 54.4 Å². The first-order valence-electron chi connectivity index (χ1n) is 12.5. The first-order valence-corrected chi connectivity index (χ1v) is 12.5. The van der Waals surface area contributed by atoms with E-state index in [0.717, 1.165) is 38.3 Å². The first kappa shape index (κ1) is 25.2. The van der Waals surface area contributed by atoms with Gasteiger partial charge in [0.25, 0.3) is 5.91 Å². The van der Waals surface area contributed by atoms with Gasteiger partial charge >= 0.3 is 12.1 Å². The third kappa shape index (κ3) is 4.32. The van der Waals surface area contributed by atoms with Gasteiger partial charge in [-0.2, -0.15) is 13.2 Å². The lowest BCUT2D eigenvalue weighted by molar-refractivity contribution is -0.152. The fourth-order valence-electron chi connectivity index (χ4n) is 6.27. The molecule has 0 aliphatic carbocycles. The van der Waals surface area contributed by atoms with Gasteiger partial charge in [0, 0.05) is 75.5 Å². The minimum absolute atomic E-state index is 0.00374. The van der Waals surface area contributed by atoms with Gasteiger partial charge in [-0.05, 0) is 31.4 Å². The summed E-state index contributed by atoms with van der Waals surface area (Å²) in [6.07, 6.45) is -0.710. The van der Waals surface area contributed by atoms with E-state index in [1.807, 2.05) is 13.8 Å². The van der Waals surface area contributed by atoms with Gasteiger partial charge in [0.15, 0.2) is 0 Å². The molecule has 4 aliphatic heterocycles. The molecule has 0 N–H and O–H groups in total. The van der Waals surface area contributed by atoms with Crippen LogP contribution in [0.15, 0.2) is 23.4 Å². The average Bonchev–Trinajstić information content (AvgIpc) is 3.07. The van der Waals surface area contributed by atoms with Crippen molar-refractivity contribution in [3.63, 3.8) is 0 Å². The number of aromatic nitrogens is 1. The molecule has 0 bridgehead atoms. The first-order chi connectivity index (χ1) is 16.9. The second kappa shape index (κ2) is 8.83. The van der Waals surface area contributed by atoms with Crippen LogP contribution >= 0.6 is 0 Å². The Labute approximate surface area is 208 Å². The van der Waals surface area contributed by atoms with Crippen molar-refractivity contribution in [2.24, 2.45) is 0 Å². The lowest BCUT2D eigenvalue weighted by atomic mass is 9.79. The van der Waals surface area contributed by atoms with Crippen molar-refractivity contribution in [3.05, 3.63) is 40.2 Å². The summed E-state index contributed by atoms with van der Waals surface area (Å²) in [5.41, 5.74) is -0.882. The Morgan fingerprint density at radius 1 is 1.17 bits per heavy atom. The third-order valence-corrected chi connectivity index (χ3v) is 8.12. The van der Waals surface area contributed by atoms with E-state index in [9.17, 15) is 22.8 Å². The monoisotopic (exact) mass is 507 g/mol. The molecule has 2 saturated heterocycles. The maximum atomic E-state index is 14.0. The standard InChI is InChI=1S/C26H32F3N3O4/c1-16-20(25(36-23(16)34)6-8-31(9-7-25)19-4-10-35-11-5-19)22(33)32-14-17-12-18(26(27,28)29)13-30-21(17)24(2,3)15-32/h12-13,19H,4-11,14-15H2,1-3H3. The van der Waals surface area contributed by atoms with Crippen LogP contribution in [0.3, 0.4) is 0 Å². The lowest BCUT2D eigenvalue weighted by Gasteiger charge is -2.45. The van der Waals surface area contributed by atoms with Crippen molar-refractivity contribution < 1.29 is 32.2 Å². The van der Waals surface area contributed by atoms with Crippen LogP contribution < -0.4 is 0 Å². The smallest absolute Gasteiger partial charge is 0.417 e. The Morgan fingerprint density at radius 3 is 2.47 bits per heavy atom. The summed E-state index contributed by atoms with van der Waals surface area (Å²) < 4.78 is 51.4. The molecular formula is C26H32F3N3O4. The van der Waals surface area contributed by atoms with Gasteiger partial charge in [-0.15, -0.1) is 0 Å². The van der Waals surface area contributed by atoms with Gasteiger partial charge in [0.05, 0.1) is 16.8 Å². The van der Waals surface area contributed by atoms with Crippen molar-refractivity contribution >= 4 is 11.9 Å². The molecule has 5 rings (SSSR count). The predicted molar refractivity (Wildman–Crippen MR) is 124 cm³/mol. The van der Waals surface area contributed by atoms with Gasteiger partial charge < -0.3 is 14.4 Å². The van der Waals surface area contributed by atoms with Crippen LogP contribution in [0.2, 0.25) is 0 Å². The van der Waals surface area contributed by atoms with Crippen molar-refractivity contribution in [2.45, 2.75) is 76.2 Å². The highest BCUT2D eigenvalue weighted by molar-refractivity contribution is 6.07. The molecule has 0 unspecified atom stereocenters. The summed E-state index contributed by atoms with van der Waals surface area (Å²) in [7, 11) is 0. The number of amides is 1. The van der Waals surface area contributed by atoms with E-state index in [1.54, 1.807) is 11.8 Å². The average molecular weight is 508 g/mol. The number of ether oxygens (including phenoxy) is 2. The summed E-state index contributed by atoms with van der Waals surface area (Å²) in [5.74, 6) is -0.829. The number of alkyl halides is 3. The molecule has 10 heteroatoms. The molecular weight excluding hydrogens is 475 g/mol. The summed E-state index contributed by atoms with van der Waals surface area (Å²) in [4.78, 5) is 34.7. The fraction of sp³-hybridized carbons (Fsp3) is 0.654. The van der Waals surface area contributed by atoms with E-state index in [-0.39, 0.29) is 19.0 Å². The number of rotatable bonds is 2. The molecule has 7 nitrogen and oxygen atoms in total. The Hall–Kier alpha value is -2.46. The minimum Gasteiger partial charge on any atom is -0.450 e. The number of esters is 1. The molecule has 1 spiro atoms. The van der Waals surface area contributed by atoms with Crippen molar-refractivity contribution in [3.8, 4) is 0 Å². The molecule has 5 heterocycles. The zero-order valence-electron chi connectivity index (χ0n) is 20.9. The number of halogens is 3. The topological polar surface area (TPSA) is 72.0 Å². The highest BCUT2D eigenvalue weighted by atomic mass is 19.4. The molecule has 196 valence electrons. The van der Waals surface area contributed by atoms with Crippen LogP contribution in [0, 0.1) is 0 Å². The van der Waals surface area contributed by atoms with Crippen LogP contribution in [0.1, 0.15) is 63.3 Å².